The normalized spacial score (nSPS) is 11.0. The van der Waals surface area contributed by atoms with Crippen molar-refractivity contribution < 1.29 is 9.53 Å². The molecule has 0 unspecified atom stereocenters. The summed E-state index contributed by atoms with van der Waals surface area (Å²) < 4.78 is 8.63. The van der Waals surface area contributed by atoms with Crippen LogP contribution in [0.15, 0.2) is 64.2 Å². The Morgan fingerprint density at radius 2 is 1.75 bits per heavy atom. The maximum Gasteiger partial charge on any atom is 0.277 e. The molecule has 0 radical (unpaired) electrons. The molecular weight excluding hydrogens is 418 g/mol. The van der Waals surface area contributed by atoms with Crippen molar-refractivity contribution in [1.29, 1.82) is 0 Å². The van der Waals surface area contributed by atoms with Gasteiger partial charge in [-0.2, -0.15) is 5.10 Å². The predicted octanol–water partition coefficient (Wildman–Crippen LogP) is 4.69. The molecule has 1 amide bonds. The number of nitrogens with one attached hydrogen (secondary N) is 1. The minimum Gasteiger partial charge on any atom is -0.483 e. The number of amides is 1. The number of carbonyl (C=O) groups is 1. The van der Waals surface area contributed by atoms with Crippen LogP contribution in [0.3, 0.4) is 0 Å². The van der Waals surface area contributed by atoms with Gasteiger partial charge in [0.15, 0.2) is 6.61 Å². The lowest BCUT2D eigenvalue weighted by Gasteiger charge is -2.09. The van der Waals surface area contributed by atoms with E-state index in [2.05, 4.69) is 43.2 Å². The summed E-state index contributed by atoms with van der Waals surface area (Å²) >= 11 is 3.64. The quantitative estimate of drug-likeness (QED) is 0.447. The van der Waals surface area contributed by atoms with Gasteiger partial charge < -0.3 is 9.30 Å². The molecule has 5 nitrogen and oxygen atoms in total. The number of halogens is 1. The predicted molar refractivity (Wildman–Crippen MR) is 115 cm³/mol. The fourth-order valence-corrected chi connectivity index (χ4v) is 3.57. The molecule has 1 aromatic heterocycles. The molecule has 0 fully saturated rings. The topological polar surface area (TPSA) is 55.6 Å². The Kier molecular flexibility index (Phi) is 6.31. The van der Waals surface area contributed by atoms with Gasteiger partial charge in [-0.1, -0.05) is 36.4 Å². The Hall–Kier alpha value is -2.86. The minimum atomic E-state index is -0.313. The van der Waals surface area contributed by atoms with Crippen molar-refractivity contribution in [2.75, 3.05) is 6.61 Å². The second-order valence-electron chi connectivity index (χ2n) is 6.42. The summed E-state index contributed by atoms with van der Waals surface area (Å²) in [5, 5.41) is 4.10. The van der Waals surface area contributed by atoms with Gasteiger partial charge in [0.05, 0.1) is 6.21 Å². The summed E-state index contributed by atoms with van der Waals surface area (Å²) in [6.07, 6.45) is 1.65. The van der Waals surface area contributed by atoms with Gasteiger partial charge in [-0.15, -0.1) is 0 Å². The van der Waals surface area contributed by atoms with Gasteiger partial charge in [-0.05, 0) is 60.5 Å². The molecular formula is C22H22BrN3O2. The monoisotopic (exact) mass is 439 g/mol. The summed E-state index contributed by atoms with van der Waals surface area (Å²) in [4.78, 5) is 12.0. The molecule has 144 valence electrons. The fraction of sp³-hybridized carbons (Fsp3) is 0.182. The van der Waals surface area contributed by atoms with E-state index in [9.17, 15) is 4.79 Å². The summed E-state index contributed by atoms with van der Waals surface area (Å²) in [7, 11) is 0. The Balaban J connectivity index is 1.68. The molecule has 0 bridgehead atoms. The molecule has 2 aromatic carbocycles. The van der Waals surface area contributed by atoms with Crippen LogP contribution in [0.25, 0.3) is 5.69 Å². The van der Waals surface area contributed by atoms with Crippen molar-refractivity contribution in [3.8, 4) is 11.4 Å². The molecule has 0 spiro atoms. The van der Waals surface area contributed by atoms with Gasteiger partial charge in [0, 0.05) is 27.1 Å². The second-order valence-corrected chi connectivity index (χ2v) is 7.21. The molecule has 3 rings (SSSR count). The Bertz CT molecular complexity index is 1010. The van der Waals surface area contributed by atoms with Crippen LogP contribution in [0.1, 0.15) is 22.5 Å². The summed E-state index contributed by atoms with van der Waals surface area (Å²) in [5.74, 6) is 0.378. The van der Waals surface area contributed by atoms with E-state index in [0.29, 0.717) is 5.75 Å². The van der Waals surface area contributed by atoms with Gasteiger partial charge in [-0.25, -0.2) is 5.43 Å². The van der Waals surface area contributed by atoms with Crippen LogP contribution in [0.5, 0.6) is 5.75 Å². The zero-order valence-electron chi connectivity index (χ0n) is 16.1. The summed E-state index contributed by atoms with van der Waals surface area (Å²) in [6, 6.07) is 17.7. The molecule has 0 saturated heterocycles. The first-order valence-electron chi connectivity index (χ1n) is 8.92. The van der Waals surface area contributed by atoms with E-state index in [4.69, 9.17) is 4.74 Å². The van der Waals surface area contributed by atoms with Crippen molar-refractivity contribution in [2.45, 2.75) is 20.8 Å². The van der Waals surface area contributed by atoms with Crippen LogP contribution in [0, 0.1) is 20.8 Å². The lowest BCUT2D eigenvalue weighted by atomic mass is 10.2. The number of para-hydroxylation sites is 2. The highest BCUT2D eigenvalue weighted by Gasteiger charge is 2.15. The van der Waals surface area contributed by atoms with E-state index in [1.54, 1.807) is 6.21 Å². The largest absolute Gasteiger partial charge is 0.483 e. The van der Waals surface area contributed by atoms with Crippen molar-refractivity contribution in [3.05, 3.63) is 81.6 Å². The average molecular weight is 440 g/mol. The van der Waals surface area contributed by atoms with Gasteiger partial charge in [-0.3, -0.25) is 4.79 Å². The van der Waals surface area contributed by atoms with Crippen molar-refractivity contribution in [1.82, 2.24) is 9.99 Å². The molecule has 6 heteroatoms. The molecule has 0 aliphatic carbocycles. The number of rotatable bonds is 6. The Morgan fingerprint density at radius 3 is 2.46 bits per heavy atom. The number of hydrogen-bond donors (Lipinski definition) is 1. The zero-order valence-corrected chi connectivity index (χ0v) is 17.7. The van der Waals surface area contributed by atoms with E-state index < -0.39 is 0 Å². The van der Waals surface area contributed by atoms with Crippen LogP contribution < -0.4 is 10.2 Å². The number of aryl methyl sites for hydroxylation is 1. The number of nitrogens with zero attached hydrogens (tertiary/aromatic N) is 2. The lowest BCUT2D eigenvalue weighted by molar-refractivity contribution is -0.123. The van der Waals surface area contributed by atoms with Crippen LogP contribution in [-0.2, 0) is 4.79 Å². The molecule has 0 atom stereocenters. The van der Waals surface area contributed by atoms with E-state index in [1.807, 2.05) is 63.2 Å². The van der Waals surface area contributed by atoms with Gasteiger partial charge >= 0.3 is 0 Å². The molecule has 1 heterocycles. The van der Waals surface area contributed by atoms with Crippen molar-refractivity contribution in [2.24, 2.45) is 5.10 Å². The van der Waals surface area contributed by atoms with E-state index in [0.717, 1.165) is 32.7 Å². The number of ether oxygens (including phenoxy) is 1. The highest BCUT2D eigenvalue weighted by Crippen LogP contribution is 2.29. The van der Waals surface area contributed by atoms with Crippen molar-refractivity contribution in [3.63, 3.8) is 0 Å². The van der Waals surface area contributed by atoms with E-state index >= 15 is 0 Å². The number of hydrazone groups is 1. The number of hydrogen-bond acceptors (Lipinski definition) is 3. The van der Waals surface area contributed by atoms with Gasteiger partial charge in [0.25, 0.3) is 5.91 Å². The molecule has 0 aliphatic heterocycles. The molecule has 28 heavy (non-hydrogen) atoms. The third kappa shape index (κ3) is 4.34. The first-order chi connectivity index (χ1) is 13.5. The van der Waals surface area contributed by atoms with E-state index in [1.165, 1.54) is 0 Å². The SMILES string of the molecule is Cc1ccccc1OCC(=O)N/N=C\c1c(Br)c(C)n(-c2ccccc2)c1C. The van der Waals surface area contributed by atoms with Crippen LogP contribution in [-0.4, -0.2) is 23.3 Å². The number of benzene rings is 2. The van der Waals surface area contributed by atoms with Gasteiger partial charge in [0.2, 0.25) is 0 Å². The van der Waals surface area contributed by atoms with Crippen LogP contribution >= 0.6 is 15.9 Å². The summed E-state index contributed by atoms with van der Waals surface area (Å²) in [6.45, 7) is 5.91. The maximum atomic E-state index is 12.0. The lowest BCUT2D eigenvalue weighted by Crippen LogP contribution is -2.24. The Labute approximate surface area is 173 Å². The highest BCUT2D eigenvalue weighted by molar-refractivity contribution is 9.10. The molecule has 0 aliphatic rings. The maximum absolute atomic E-state index is 12.0. The first-order valence-corrected chi connectivity index (χ1v) is 9.71. The third-order valence-corrected chi connectivity index (χ3v) is 5.47. The standard InChI is InChI=1S/C22H22BrN3O2/c1-15-9-7-8-12-20(15)28-14-21(27)25-24-13-19-16(2)26(17(3)22(19)23)18-10-5-4-6-11-18/h4-13H,14H2,1-3H3,(H,25,27)/b24-13-. The second kappa shape index (κ2) is 8.89. The number of aromatic nitrogens is 1. The van der Waals surface area contributed by atoms with Gasteiger partial charge in [0.1, 0.15) is 5.75 Å². The molecule has 0 saturated carbocycles. The van der Waals surface area contributed by atoms with Crippen LogP contribution in [0.2, 0.25) is 0 Å². The summed E-state index contributed by atoms with van der Waals surface area (Å²) in [5.41, 5.74) is 7.60. The third-order valence-electron chi connectivity index (χ3n) is 4.46. The van der Waals surface area contributed by atoms with Crippen molar-refractivity contribution >= 4 is 28.1 Å². The smallest absolute Gasteiger partial charge is 0.277 e. The average Bonchev–Trinajstić information content (AvgIpc) is 2.91. The van der Waals surface area contributed by atoms with Crippen LogP contribution in [0.4, 0.5) is 0 Å². The number of carbonyl (C=O) groups excluding carboxylic acids is 1. The first kappa shape index (κ1) is 19.9. The Morgan fingerprint density at radius 1 is 1.07 bits per heavy atom. The zero-order chi connectivity index (χ0) is 20.1. The fourth-order valence-electron chi connectivity index (χ4n) is 3.00. The highest BCUT2D eigenvalue weighted by atomic mass is 79.9. The molecule has 3 aromatic rings. The molecule has 1 N–H and O–H groups in total. The van der Waals surface area contributed by atoms with E-state index in [-0.39, 0.29) is 12.5 Å². The minimum absolute atomic E-state index is 0.0909.